The van der Waals surface area contributed by atoms with E-state index in [1.54, 1.807) is 11.3 Å². The van der Waals surface area contributed by atoms with Crippen LogP contribution in [0.25, 0.3) is 0 Å². The van der Waals surface area contributed by atoms with Gasteiger partial charge in [0.25, 0.3) is 0 Å². The molecule has 0 spiro atoms. The average Bonchev–Trinajstić information content (AvgIpc) is 3.34. The first-order valence-electron chi connectivity index (χ1n) is 9.81. The Labute approximate surface area is 183 Å². The zero-order valence-corrected chi connectivity index (χ0v) is 18.3. The van der Waals surface area contributed by atoms with Crippen LogP contribution in [-0.2, 0) is 13.2 Å². The molecule has 0 amide bonds. The fourth-order valence-electron chi connectivity index (χ4n) is 3.99. The summed E-state index contributed by atoms with van der Waals surface area (Å²) >= 11 is 1.65. The van der Waals surface area contributed by atoms with Gasteiger partial charge >= 0.3 is 0 Å². The second-order valence-electron chi connectivity index (χ2n) is 7.50. The molecular weight excluding hydrogens is 402 g/mol. The molecule has 2 aromatic carbocycles. The normalized spacial score (nSPS) is 19.1. The highest BCUT2D eigenvalue weighted by molar-refractivity contribution is 7.09. The predicted octanol–water partition coefficient (Wildman–Crippen LogP) is 4.63. The van der Waals surface area contributed by atoms with Crippen molar-refractivity contribution in [3.05, 3.63) is 81.8 Å². The molecule has 0 unspecified atom stereocenters. The highest BCUT2D eigenvalue weighted by Gasteiger charge is 2.32. The van der Waals surface area contributed by atoms with E-state index in [0.717, 1.165) is 42.6 Å². The Morgan fingerprint density at radius 3 is 2.52 bits per heavy atom. The van der Waals surface area contributed by atoms with E-state index < -0.39 is 0 Å². The number of likely N-dealkylation sites (tertiary alicyclic amines) is 1. The summed E-state index contributed by atoms with van der Waals surface area (Å²) < 4.78 is 5.85. The van der Waals surface area contributed by atoms with Crippen LogP contribution in [0.15, 0.2) is 60.0 Å². The quantitative estimate of drug-likeness (QED) is 0.595. The molecule has 4 rings (SSSR count). The number of halogens is 1. The maximum atomic E-state index is 6.07. The van der Waals surface area contributed by atoms with E-state index in [1.807, 2.05) is 12.3 Å². The molecule has 2 atom stereocenters. The van der Waals surface area contributed by atoms with Gasteiger partial charge in [0.05, 0.1) is 10.7 Å². The number of aromatic nitrogens is 1. The number of nitrogens with two attached hydrogens (primary N) is 1. The smallest absolute Gasteiger partial charge is 0.131 e. The van der Waals surface area contributed by atoms with E-state index in [9.17, 15) is 0 Å². The van der Waals surface area contributed by atoms with Crippen LogP contribution in [0, 0.1) is 12.8 Å². The summed E-state index contributed by atoms with van der Waals surface area (Å²) in [6.45, 7) is 6.33. The van der Waals surface area contributed by atoms with Crippen molar-refractivity contribution in [2.24, 2.45) is 11.7 Å². The number of hydrogen-bond acceptors (Lipinski definition) is 5. The largest absolute Gasteiger partial charge is 0.487 e. The highest BCUT2D eigenvalue weighted by atomic mass is 35.5. The lowest BCUT2D eigenvalue weighted by molar-refractivity contribution is 0.300. The summed E-state index contributed by atoms with van der Waals surface area (Å²) in [4.78, 5) is 6.95. The summed E-state index contributed by atoms with van der Waals surface area (Å²) in [6, 6.07) is 19.2. The minimum Gasteiger partial charge on any atom is -0.487 e. The monoisotopic (exact) mass is 429 g/mol. The van der Waals surface area contributed by atoms with Crippen LogP contribution in [0.5, 0.6) is 5.75 Å². The summed E-state index contributed by atoms with van der Waals surface area (Å²) in [6.07, 6.45) is 0. The summed E-state index contributed by atoms with van der Waals surface area (Å²) in [5.41, 5.74) is 9.77. The molecule has 1 aliphatic rings. The van der Waals surface area contributed by atoms with Crippen molar-refractivity contribution >= 4 is 23.7 Å². The lowest BCUT2D eigenvalue weighted by Gasteiger charge is -2.17. The molecule has 0 saturated carbocycles. The molecule has 1 saturated heterocycles. The maximum absolute atomic E-state index is 6.07. The van der Waals surface area contributed by atoms with Crippen LogP contribution in [0.4, 0.5) is 0 Å². The summed E-state index contributed by atoms with van der Waals surface area (Å²) in [5.74, 6) is 1.93. The summed E-state index contributed by atoms with van der Waals surface area (Å²) in [7, 11) is 0. The highest BCUT2D eigenvalue weighted by Crippen LogP contribution is 2.33. The SMILES string of the molecule is Cc1nc(COc2ccc(CN3C[C@@H](CN)[C@H](c4ccccc4)C3)cc2)cs1.Cl. The van der Waals surface area contributed by atoms with E-state index in [0.29, 0.717) is 18.4 Å². The molecule has 3 aromatic rings. The van der Waals surface area contributed by atoms with E-state index in [1.165, 1.54) is 11.1 Å². The first-order valence-corrected chi connectivity index (χ1v) is 10.7. The standard InChI is InChI=1S/C23H27N3OS.ClH/c1-17-25-21(16-28-17)15-27-22-9-7-18(8-10-22)12-26-13-20(11-24)23(14-26)19-5-3-2-4-6-19;/h2-10,16,20,23H,11-15,24H2,1H3;1H/t20-,23+;/m1./s1. The Balaban J connectivity index is 0.00000240. The lowest BCUT2D eigenvalue weighted by Crippen LogP contribution is -2.23. The second kappa shape index (κ2) is 10.2. The number of rotatable bonds is 7. The van der Waals surface area contributed by atoms with Crippen molar-refractivity contribution in [1.82, 2.24) is 9.88 Å². The van der Waals surface area contributed by atoms with Gasteiger partial charge in [0.2, 0.25) is 0 Å². The first kappa shape index (κ1) is 21.8. The van der Waals surface area contributed by atoms with Crippen LogP contribution in [0.2, 0.25) is 0 Å². The molecule has 0 bridgehead atoms. The molecule has 29 heavy (non-hydrogen) atoms. The zero-order valence-electron chi connectivity index (χ0n) is 16.7. The van der Waals surface area contributed by atoms with Crippen molar-refractivity contribution in [1.29, 1.82) is 0 Å². The summed E-state index contributed by atoms with van der Waals surface area (Å²) in [5, 5.41) is 3.12. The fourth-order valence-corrected chi connectivity index (χ4v) is 4.58. The minimum atomic E-state index is 0. The molecule has 2 heterocycles. The topological polar surface area (TPSA) is 51.4 Å². The molecule has 1 aliphatic heterocycles. The number of benzene rings is 2. The molecule has 2 N–H and O–H groups in total. The molecule has 154 valence electrons. The van der Waals surface area contributed by atoms with Gasteiger partial charge in [-0.05, 0) is 42.6 Å². The molecule has 4 nitrogen and oxygen atoms in total. The molecule has 1 aromatic heterocycles. The van der Waals surface area contributed by atoms with Crippen molar-refractivity contribution in [2.45, 2.75) is 26.0 Å². The van der Waals surface area contributed by atoms with E-state index >= 15 is 0 Å². The van der Waals surface area contributed by atoms with Crippen LogP contribution < -0.4 is 10.5 Å². The molecular formula is C23H28ClN3OS. The third-order valence-corrected chi connectivity index (χ3v) is 6.25. The van der Waals surface area contributed by atoms with Crippen molar-refractivity contribution in [2.75, 3.05) is 19.6 Å². The van der Waals surface area contributed by atoms with Crippen molar-refractivity contribution < 1.29 is 4.74 Å². The van der Waals surface area contributed by atoms with Crippen molar-refractivity contribution in [3.8, 4) is 5.75 Å². The van der Waals surface area contributed by atoms with Gasteiger partial charge in [-0.2, -0.15) is 0 Å². The van der Waals surface area contributed by atoms with Gasteiger partial charge in [-0.3, -0.25) is 4.90 Å². The Morgan fingerprint density at radius 1 is 1.10 bits per heavy atom. The van der Waals surface area contributed by atoms with Crippen molar-refractivity contribution in [3.63, 3.8) is 0 Å². The Bertz CT molecular complexity index is 885. The number of thiazole rings is 1. The minimum absolute atomic E-state index is 0. The lowest BCUT2D eigenvalue weighted by atomic mass is 9.89. The van der Waals surface area contributed by atoms with Gasteiger partial charge in [-0.15, -0.1) is 23.7 Å². The number of hydrogen-bond donors (Lipinski definition) is 1. The fraction of sp³-hybridized carbons (Fsp3) is 0.348. The maximum Gasteiger partial charge on any atom is 0.131 e. The zero-order chi connectivity index (χ0) is 19.3. The molecule has 0 aliphatic carbocycles. The molecule has 0 radical (unpaired) electrons. The van der Waals surface area contributed by atoms with Crippen LogP contribution >= 0.6 is 23.7 Å². The number of aryl methyl sites for hydroxylation is 1. The first-order chi connectivity index (χ1) is 13.7. The van der Waals surface area contributed by atoms with E-state index in [-0.39, 0.29) is 12.4 Å². The number of nitrogens with zero attached hydrogens (tertiary/aromatic N) is 2. The third kappa shape index (κ3) is 5.58. The third-order valence-electron chi connectivity index (χ3n) is 5.43. The van der Waals surface area contributed by atoms with Crippen LogP contribution in [0.3, 0.4) is 0 Å². The van der Waals surface area contributed by atoms with Gasteiger partial charge in [0, 0.05) is 30.9 Å². The van der Waals surface area contributed by atoms with E-state index in [2.05, 4.69) is 64.5 Å². The molecule has 6 heteroatoms. The number of ether oxygens (including phenoxy) is 1. The predicted molar refractivity (Wildman–Crippen MR) is 122 cm³/mol. The Morgan fingerprint density at radius 2 is 1.86 bits per heavy atom. The van der Waals surface area contributed by atoms with Crippen LogP contribution in [-0.4, -0.2) is 29.5 Å². The van der Waals surface area contributed by atoms with Gasteiger partial charge in [0.15, 0.2) is 0 Å². The van der Waals surface area contributed by atoms with E-state index in [4.69, 9.17) is 10.5 Å². The van der Waals surface area contributed by atoms with Gasteiger partial charge in [-0.25, -0.2) is 4.98 Å². The van der Waals surface area contributed by atoms with Crippen LogP contribution in [0.1, 0.15) is 27.7 Å². The van der Waals surface area contributed by atoms with Gasteiger partial charge < -0.3 is 10.5 Å². The van der Waals surface area contributed by atoms with Gasteiger partial charge in [-0.1, -0.05) is 42.5 Å². The Hall–Kier alpha value is -1.92. The van der Waals surface area contributed by atoms with Gasteiger partial charge in [0.1, 0.15) is 12.4 Å². The molecule has 1 fully saturated rings. The Kier molecular flexibility index (Phi) is 7.67. The second-order valence-corrected chi connectivity index (χ2v) is 8.56. The average molecular weight is 430 g/mol.